The van der Waals surface area contributed by atoms with Crippen molar-refractivity contribution in [1.29, 1.82) is 0 Å². The summed E-state index contributed by atoms with van der Waals surface area (Å²) in [6.07, 6.45) is 6.64. The fourth-order valence-electron chi connectivity index (χ4n) is 3.14. The molecule has 28 heavy (non-hydrogen) atoms. The van der Waals surface area contributed by atoms with Crippen LogP contribution in [0.1, 0.15) is 30.0 Å². The number of aryl methyl sites for hydroxylation is 1. The van der Waals surface area contributed by atoms with Crippen LogP contribution in [-0.4, -0.2) is 38.0 Å². The van der Waals surface area contributed by atoms with E-state index in [1.165, 1.54) is 22.9 Å². The third kappa shape index (κ3) is 4.42. The first-order chi connectivity index (χ1) is 13.7. The number of thioether (sulfide) groups is 1. The van der Waals surface area contributed by atoms with E-state index in [-0.39, 0.29) is 5.91 Å². The highest BCUT2D eigenvalue weighted by Gasteiger charge is 2.30. The van der Waals surface area contributed by atoms with Crippen molar-refractivity contribution in [3.63, 3.8) is 0 Å². The second-order valence-corrected chi connectivity index (χ2v) is 7.91. The molecule has 0 atom stereocenters. The van der Waals surface area contributed by atoms with Gasteiger partial charge in [-0.05, 0) is 49.4 Å². The summed E-state index contributed by atoms with van der Waals surface area (Å²) < 4.78 is 2.16. The topological polar surface area (TPSA) is 72.7 Å². The van der Waals surface area contributed by atoms with Crippen molar-refractivity contribution < 1.29 is 4.79 Å². The van der Waals surface area contributed by atoms with E-state index in [9.17, 15) is 4.79 Å². The molecule has 0 saturated heterocycles. The molecule has 0 radical (unpaired) electrons. The number of hydrogen-bond donors (Lipinski definition) is 1. The van der Waals surface area contributed by atoms with Gasteiger partial charge in [-0.2, -0.15) is 0 Å². The Morgan fingerprint density at radius 2 is 2.07 bits per heavy atom. The zero-order valence-electron chi connectivity index (χ0n) is 15.8. The zero-order chi connectivity index (χ0) is 19.3. The van der Waals surface area contributed by atoms with Crippen molar-refractivity contribution in [3.8, 4) is 11.4 Å². The van der Waals surface area contributed by atoms with Gasteiger partial charge in [-0.15, -0.1) is 10.2 Å². The lowest BCUT2D eigenvalue weighted by Crippen LogP contribution is -2.27. The van der Waals surface area contributed by atoms with E-state index >= 15 is 0 Å². The second kappa shape index (κ2) is 8.56. The average Bonchev–Trinajstić information content (AvgIpc) is 3.47. The summed E-state index contributed by atoms with van der Waals surface area (Å²) in [5, 5.41) is 12.5. The molecule has 1 fully saturated rings. The van der Waals surface area contributed by atoms with Gasteiger partial charge in [-0.3, -0.25) is 14.3 Å². The van der Waals surface area contributed by atoms with Gasteiger partial charge >= 0.3 is 0 Å². The standard InChI is InChI=1S/C21H23N5OS/c1-15-5-2-3-6-16(15)10-12-23-19(27)14-28-21-25-24-20(26(21)18-8-9-18)17-7-4-11-22-13-17/h2-7,11,13,18H,8-10,12,14H2,1H3,(H,23,27). The predicted octanol–water partition coefficient (Wildman–Crippen LogP) is 3.43. The van der Waals surface area contributed by atoms with Gasteiger partial charge in [0.05, 0.1) is 5.75 Å². The lowest BCUT2D eigenvalue weighted by Gasteiger charge is -2.09. The number of carbonyl (C=O) groups is 1. The van der Waals surface area contributed by atoms with E-state index < -0.39 is 0 Å². The molecule has 7 heteroatoms. The lowest BCUT2D eigenvalue weighted by molar-refractivity contribution is -0.118. The van der Waals surface area contributed by atoms with Crippen molar-refractivity contribution in [1.82, 2.24) is 25.1 Å². The SMILES string of the molecule is Cc1ccccc1CCNC(=O)CSc1nnc(-c2cccnc2)n1C1CC1. The molecule has 0 bridgehead atoms. The van der Waals surface area contributed by atoms with Gasteiger partial charge < -0.3 is 5.32 Å². The normalized spacial score (nSPS) is 13.5. The molecule has 1 aromatic carbocycles. The van der Waals surface area contributed by atoms with Gasteiger partial charge in [0.15, 0.2) is 11.0 Å². The van der Waals surface area contributed by atoms with E-state index in [1.807, 2.05) is 24.3 Å². The summed E-state index contributed by atoms with van der Waals surface area (Å²) >= 11 is 1.45. The van der Waals surface area contributed by atoms with E-state index in [0.717, 1.165) is 35.8 Å². The fraction of sp³-hybridized carbons (Fsp3) is 0.333. The highest BCUT2D eigenvalue weighted by Crippen LogP contribution is 2.40. The number of benzene rings is 1. The number of amides is 1. The zero-order valence-corrected chi connectivity index (χ0v) is 16.7. The van der Waals surface area contributed by atoms with Crippen LogP contribution >= 0.6 is 11.8 Å². The lowest BCUT2D eigenvalue weighted by atomic mass is 10.1. The van der Waals surface area contributed by atoms with E-state index in [1.54, 1.807) is 12.4 Å². The van der Waals surface area contributed by atoms with Crippen LogP contribution in [0.4, 0.5) is 0 Å². The quantitative estimate of drug-likeness (QED) is 0.594. The number of nitrogens with zero attached hydrogens (tertiary/aromatic N) is 4. The smallest absolute Gasteiger partial charge is 0.230 e. The Hall–Kier alpha value is -2.67. The Balaban J connectivity index is 1.34. The highest BCUT2D eigenvalue weighted by molar-refractivity contribution is 7.99. The van der Waals surface area contributed by atoms with Gasteiger partial charge in [-0.25, -0.2) is 0 Å². The summed E-state index contributed by atoms with van der Waals surface area (Å²) in [4.78, 5) is 16.4. The van der Waals surface area contributed by atoms with Crippen molar-refractivity contribution >= 4 is 17.7 Å². The summed E-state index contributed by atoms with van der Waals surface area (Å²) in [5.41, 5.74) is 3.48. The molecule has 144 valence electrons. The molecule has 3 aromatic rings. The molecule has 6 nitrogen and oxygen atoms in total. The van der Waals surface area contributed by atoms with Crippen LogP contribution in [0.2, 0.25) is 0 Å². The van der Waals surface area contributed by atoms with Gasteiger partial charge in [-0.1, -0.05) is 36.0 Å². The number of rotatable bonds is 8. The van der Waals surface area contributed by atoms with E-state index in [4.69, 9.17) is 0 Å². The molecule has 1 aliphatic carbocycles. The first kappa shape index (κ1) is 18.7. The van der Waals surface area contributed by atoms with Crippen LogP contribution in [0.15, 0.2) is 53.9 Å². The molecule has 4 rings (SSSR count). The number of hydrogen-bond acceptors (Lipinski definition) is 5. The van der Waals surface area contributed by atoms with E-state index in [0.29, 0.717) is 18.3 Å². The predicted molar refractivity (Wildman–Crippen MR) is 110 cm³/mol. The molecular weight excluding hydrogens is 370 g/mol. The van der Waals surface area contributed by atoms with Crippen LogP contribution in [0.25, 0.3) is 11.4 Å². The van der Waals surface area contributed by atoms with E-state index in [2.05, 4.69) is 44.1 Å². The maximum absolute atomic E-state index is 12.3. The molecule has 2 aromatic heterocycles. The summed E-state index contributed by atoms with van der Waals surface area (Å²) in [5.74, 6) is 1.19. The molecular formula is C21H23N5OS. The van der Waals surface area contributed by atoms with Crippen LogP contribution < -0.4 is 5.32 Å². The average molecular weight is 394 g/mol. The minimum atomic E-state index is 0.0202. The van der Waals surface area contributed by atoms with Crippen LogP contribution in [0.5, 0.6) is 0 Å². The third-order valence-corrected chi connectivity index (χ3v) is 5.75. The second-order valence-electron chi connectivity index (χ2n) is 6.96. The van der Waals surface area contributed by atoms with Crippen molar-refractivity contribution in [2.24, 2.45) is 0 Å². The number of carbonyl (C=O) groups excluding carboxylic acids is 1. The Morgan fingerprint density at radius 3 is 2.82 bits per heavy atom. The van der Waals surface area contributed by atoms with Crippen LogP contribution in [0, 0.1) is 6.92 Å². The number of nitrogens with one attached hydrogen (secondary N) is 1. The summed E-state index contributed by atoms with van der Waals surface area (Å²) in [6, 6.07) is 12.6. The van der Waals surface area contributed by atoms with Gasteiger partial charge in [0, 0.05) is 30.5 Å². The summed E-state index contributed by atoms with van der Waals surface area (Å²) in [6.45, 7) is 2.73. The Bertz CT molecular complexity index is 952. The molecule has 2 heterocycles. The summed E-state index contributed by atoms with van der Waals surface area (Å²) in [7, 11) is 0. The Labute approximate surface area is 168 Å². The van der Waals surface area contributed by atoms with Gasteiger partial charge in [0.2, 0.25) is 5.91 Å². The first-order valence-corrected chi connectivity index (χ1v) is 10.5. The number of pyridine rings is 1. The fourth-order valence-corrected chi connectivity index (χ4v) is 3.97. The Morgan fingerprint density at radius 1 is 1.21 bits per heavy atom. The van der Waals surface area contributed by atoms with Crippen molar-refractivity contribution in [2.75, 3.05) is 12.3 Å². The maximum atomic E-state index is 12.3. The molecule has 1 amide bonds. The van der Waals surface area contributed by atoms with Crippen LogP contribution in [-0.2, 0) is 11.2 Å². The maximum Gasteiger partial charge on any atom is 0.230 e. The Kier molecular flexibility index (Phi) is 5.71. The minimum absolute atomic E-state index is 0.0202. The van der Waals surface area contributed by atoms with Crippen molar-refractivity contribution in [2.45, 2.75) is 37.4 Å². The minimum Gasteiger partial charge on any atom is -0.355 e. The number of aromatic nitrogens is 4. The molecule has 0 unspecified atom stereocenters. The molecule has 1 N–H and O–H groups in total. The van der Waals surface area contributed by atoms with Crippen molar-refractivity contribution in [3.05, 3.63) is 59.9 Å². The van der Waals surface area contributed by atoms with Crippen LogP contribution in [0.3, 0.4) is 0 Å². The highest BCUT2D eigenvalue weighted by atomic mass is 32.2. The molecule has 1 saturated carbocycles. The monoisotopic (exact) mass is 393 g/mol. The molecule has 0 aliphatic heterocycles. The largest absolute Gasteiger partial charge is 0.355 e. The third-order valence-electron chi connectivity index (χ3n) is 4.81. The van der Waals surface area contributed by atoms with Gasteiger partial charge in [0.1, 0.15) is 0 Å². The molecule has 0 spiro atoms. The van der Waals surface area contributed by atoms with Gasteiger partial charge in [0.25, 0.3) is 0 Å². The first-order valence-electron chi connectivity index (χ1n) is 9.51. The molecule has 1 aliphatic rings.